The maximum Gasteiger partial charge on any atom is 0.321 e. The molecule has 0 aliphatic carbocycles. The molecule has 2 rings (SSSR count). The van der Waals surface area contributed by atoms with Crippen LogP contribution in [0.15, 0.2) is 0 Å². The summed E-state index contributed by atoms with van der Waals surface area (Å²) in [4.78, 5) is 20.3. The number of hydrogen-bond acceptors (Lipinski definition) is 9. The van der Waals surface area contributed by atoms with Crippen molar-refractivity contribution in [3.8, 4) is 0 Å². The van der Waals surface area contributed by atoms with Gasteiger partial charge < -0.3 is 27.0 Å². The number of carboxylic acids is 2. The van der Waals surface area contributed by atoms with E-state index < -0.39 is 11.9 Å². The first-order valence-corrected chi connectivity index (χ1v) is 11.0. The number of carbonyl (C=O) groups is 2. The van der Waals surface area contributed by atoms with E-state index in [0.29, 0.717) is 11.5 Å². The number of hydrogen-bond donors (Lipinski definition) is 7. The number of thioether (sulfide) groups is 2. The van der Waals surface area contributed by atoms with Crippen molar-refractivity contribution in [2.75, 3.05) is 49.4 Å². The van der Waals surface area contributed by atoms with Crippen molar-refractivity contribution in [2.45, 2.75) is 31.3 Å². The van der Waals surface area contributed by atoms with E-state index >= 15 is 0 Å². The van der Waals surface area contributed by atoms with Crippen molar-refractivity contribution in [1.82, 2.24) is 16.0 Å². The molecule has 9 N–H and O–H groups in total. The fourth-order valence-electron chi connectivity index (χ4n) is 1.85. The Labute approximate surface area is 163 Å². The molecule has 2 aliphatic rings. The molecule has 154 valence electrons. The lowest BCUT2D eigenvalue weighted by molar-refractivity contribution is -0.139. The number of unbranched alkanes of at least 4 members (excludes halogenated alkanes) is 1. The SMILES string of the molecule is NCCCCNCCCN.O=C(O)[C@@H]1CSCN1.O=C(O)[C@@H]1CSCN1. The van der Waals surface area contributed by atoms with E-state index in [0.717, 1.165) is 50.8 Å². The van der Waals surface area contributed by atoms with E-state index in [2.05, 4.69) is 16.0 Å². The van der Waals surface area contributed by atoms with Crippen molar-refractivity contribution in [3.05, 3.63) is 0 Å². The third kappa shape index (κ3) is 14.6. The minimum absolute atomic E-state index is 0.306. The van der Waals surface area contributed by atoms with Gasteiger partial charge in [-0.15, -0.1) is 23.5 Å². The highest BCUT2D eigenvalue weighted by Gasteiger charge is 2.21. The zero-order valence-corrected chi connectivity index (χ0v) is 16.7. The van der Waals surface area contributed by atoms with Gasteiger partial charge in [-0.25, -0.2) is 0 Å². The normalized spacial score (nSPS) is 21.3. The van der Waals surface area contributed by atoms with Gasteiger partial charge in [-0.3, -0.25) is 20.2 Å². The van der Waals surface area contributed by atoms with Crippen LogP contribution < -0.4 is 27.4 Å². The molecule has 9 nitrogen and oxygen atoms in total. The van der Waals surface area contributed by atoms with Crippen LogP contribution >= 0.6 is 23.5 Å². The Morgan fingerprint density at radius 2 is 1.35 bits per heavy atom. The average molecular weight is 412 g/mol. The lowest BCUT2D eigenvalue weighted by Crippen LogP contribution is -2.32. The predicted molar refractivity (Wildman–Crippen MR) is 109 cm³/mol. The van der Waals surface area contributed by atoms with Crippen LogP contribution in [-0.4, -0.2) is 83.7 Å². The van der Waals surface area contributed by atoms with Gasteiger partial charge in [0.2, 0.25) is 0 Å². The van der Waals surface area contributed by atoms with Crippen molar-refractivity contribution in [3.63, 3.8) is 0 Å². The molecule has 0 aromatic carbocycles. The molecule has 0 unspecified atom stereocenters. The standard InChI is InChI=1S/C7H19N3.2C4H7NO2S/c8-4-1-2-6-10-7-3-5-9;2*6-4(7)3-1-8-2-5-3/h10H,1-9H2;2*3,5H,1-2H2,(H,6,7)/t;2*3-/m.00/s1. The summed E-state index contributed by atoms with van der Waals surface area (Å²) in [5, 5.41) is 25.6. The summed E-state index contributed by atoms with van der Waals surface area (Å²) >= 11 is 3.24. The van der Waals surface area contributed by atoms with E-state index in [-0.39, 0.29) is 12.1 Å². The highest BCUT2D eigenvalue weighted by molar-refractivity contribution is 7.99. The number of nitrogens with two attached hydrogens (primary N) is 2. The van der Waals surface area contributed by atoms with E-state index in [1.165, 1.54) is 6.42 Å². The first-order chi connectivity index (χ1) is 12.5. The second-order valence-electron chi connectivity index (χ2n) is 5.61. The van der Waals surface area contributed by atoms with Crippen LogP contribution in [-0.2, 0) is 9.59 Å². The Morgan fingerprint density at radius 3 is 1.65 bits per heavy atom. The first-order valence-electron chi connectivity index (χ1n) is 8.71. The highest BCUT2D eigenvalue weighted by Crippen LogP contribution is 2.09. The molecule has 26 heavy (non-hydrogen) atoms. The summed E-state index contributed by atoms with van der Waals surface area (Å²) in [7, 11) is 0. The third-order valence-electron chi connectivity index (χ3n) is 3.39. The van der Waals surface area contributed by atoms with Gasteiger partial charge in [0.05, 0.1) is 0 Å². The van der Waals surface area contributed by atoms with Crippen LogP contribution in [0.2, 0.25) is 0 Å². The van der Waals surface area contributed by atoms with Gasteiger partial charge >= 0.3 is 11.9 Å². The molecule has 2 heterocycles. The maximum atomic E-state index is 10.1. The summed E-state index contributed by atoms with van der Waals surface area (Å²) in [5.41, 5.74) is 10.6. The fourth-order valence-corrected chi connectivity index (χ4v) is 3.72. The monoisotopic (exact) mass is 411 g/mol. The zero-order chi connectivity index (χ0) is 19.6. The van der Waals surface area contributed by atoms with E-state index in [1.807, 2.05) is 0 Å². The summed E-state index contributed by atoms with van der Waals surface area (Å²) in [5.74, 6) is 1.48. The van der Waals surface area contributed by atoms with Crippen molar-refractivity contribution in [1.29, 1.82) is 0 Å². The molecule has 0 radical (unpaired) electrons. The second kappa shape index (κ2) is 17.8. The molecule has 0 aromatic heterocycles. The number of rotatable bonds is 9. The minimum Gasteiger partial charge on any atom is -0.480 e. The van der Waals surface area contributed by atoms with Gasteiger partial charge in [-0.05, 0) is 45.4 Å². The molecule has 2 saturated heterocycles. The van der Waals surface area contributed by atoms with Crippen LogP contribution in [0, 0.1) is 0 Å². The Bertz CT molecular complexity index is 334. The second-order valence-corrected chi connectivity index (χ2v) is 7.67. The molecule has 0 saturated carbocycles. The highest BCUT2D eigenvalue weighted by atomic mass is 32.2. The van der Waals surface area contributed by atoms with E-state index in [4.69, 9.17) is 21.7 Å². The molecule has 2 atom stereocenters. The van der Waals surface area contributed by atoms with Gasteiger partial charge in [-0.2, -0.15) is 0 Å². The van der Waals surface area contributed by atoms with Gasteiger partial charge in [-0.1, -0.05) is 0 Å². The maximum absolute atomic E-state index is 10.1. The quantitative estimate of drug-likeness (QED) is 0.236. The van der Waals surface area contributed by atoms with Crippen LogP contribution in [0.5, 0.6) is 0 Å². The van der Waals surface area contributed by atoms with Crippen LogP contribution in [0.1, 0.15) is 19.3 Å². The largest absolute Gasteiger partial charge is 0.480 e. The van der Waals surface area contributed by atoms with Gasteiger partial charge in [0.25, 0.3) is 0 Å². The minimum atomic E-state index is -0.741. The lowest BCUT2D eigenvalue weighted by atomic mass is 10.3. The van der Waals surface area contributed by atoms with Crippen LogP contribution in [0.4, 0.5) is 0 Å². The molecular formula is C15H33N5O4S2. The van der Waals surface area contributed by atoms with Crippen LogP contribution in [0.25, 0.3) is 0 Å². The molecular weight excluding hydrogens is 378 g/mol. The Balaban J connectivity index is 0.000000363. The lowest BCUT2D eigenvalue weighted by Gasteiger charge is -2.01. The summed E-state index contributed by atoms with van der Waals surface area (Å²) in [6, 6.07) is -0.611. The predicted octanol–water partition coefficient (Wildman–Crippen LogP) is -0.869. The number of aliphatic carboxylic acids is 2. The molecule has 11 heteroatoms. The van der Waals surface area contributed by atoms with Gasteiger partial charge in [0.1, 0.15) is 12.1 Å². The molecule has 0 spiro atoms. The summed E-state index contributed by atoms with van der Waals surface area (Å²) in [6.07, 6.45) is 3.37. The Kier molecular flexibility index (Phi) is 17.4. The Hall–Kier alpha value is -0.560. The molecule has 0 amide bonds. The van der Waals surface area contributed by atoms with Gasteiger partial charge in [0.15, 0.2) is 0 Å². The van der Waals surface area contributed by atoms with Crippen LogP contribution in [0.3, 0.4) is 0 Å². The fraction of sp³-hybridized carbons (Fsp3) is 0.867. The van der Waals surface area contributed by atoms with E-state index in [1.54, 1.807) is 23.5 Å². The summed E-state index contributed by atoms with van der Waals surface area (Å²) in [6.45, 7) is 3.71. The van der Waals surface area contributed by atoms with Crippen molar-refractivity contribution >= 4 is 35.5 Å². The topological polar surface area (TPSA) is 163 Å². The zero-order valence-electron chi connectivity index (χ0n) is 15.1. The average Bonchev–Trinajstić information content (AvgIpc) is 3.33. The molecule has 0 bridgehead atoms. The van der Waals surface area contributed by atoms with Crippen molar-refractivity contribution in [2.24, 2.45) is 11.5 Å². The van der Waals surface area contributed by atoms with Crippen molar-refractivity contribution < 1.29 is 19.8 Å². The van der Waals surface area contributed by atoms with Gasteiger partial charge in [0, 0.05) is 23.3 Å². The number of carboxylic acid groups (broad SMARTS) is 2. The summed E-state index contributed by atoms with van der Waals surface area (Å²) < 4.78 is 0. The molecule has 0 aromatic rings. The number of nitrogens with one attached hydrogen (secondary N) is 3. The van der Waals surface area contributed by atoms with E-state index in [9.17, 15) is 9.59 Å². The smallest absolute Gasteiger partial charge is 0.321 e. The first kappa shape index (κ1) is 25.4. The molecule has 2 fully saturated rings. The third-order valence-corrected chi connectivity index (χ3v) is 5.27. The Morgan fingerprint density at radius 1 is 0.885 bits per heavy atom. The molecule has 2 aliphatic heterocycles.